The Labute approximate surface area is 197 Å². The van der Waals surface area contributed by atoms with Gasteiger partial charge in [-0.2, -0.15) is 10.2 Å². The second kappa shape index (κ2) is 9.56. The summed E-state index contributed by atoms with van der Waals surface area (Å²) < 4.78 is 22.3. The van der Waals surface area contributed by atoms with E-state index in [4.69, 9.17) is 21.6 Å². The van der Waals surface area contributed by atoms with Gasteiger partial charge in [0.2, 0.25) is 11.8 Å². The van der Waals surface area contributed by atoms with Crippen molar-refractivity contribution in [3.8, 4) is 17.7 Å². The highest BCUT2D eigenvalue weighted by molar-refractivity contribution is 6.30. The van der Waals surface area contributed by atoms with Gasteiger partial charge in [-0.3, -0.25) is 4.57 Å². The quantitative estimate of drug-likeness (QED) is 0.450. The van der Waals surface area contributed by atoms with E-state index in [1.165, 1.54) is 35.9 Å². The minimum Gasteiger partial charge on any atom is -0.436 e. The predicted molar refractivity (Wildman–Crippen MR) is 123 cm³/mol. The lowest BCUT2D eigenvalue weighted by Gasteiger charge is -2.15. The molecule has 0 saturated heterocycles. The Morgan fingerprint density at radius 2 is 1.88 bits per heavy atom. The SMILES string of the molecule is Cn1c(=O)nc(Nc2ccc(Oc3cccc(C#N)n3)c(F)c2)n(Cc2ccc(Cl)cc2)c1=O. The Morgan fingerprint density at radius 1 is 1.12 bits per heavy atom. The van der Waals surface area contributed by atoms with Crippen LogP contribution in [0.3, 0.4) is 0 Å². The summed E-state index contributed by atoms with van der Waals surface area (Å²) in [4.78, 5) is 32.7. The van der Waals surface area contributed by atoms with E-state index in [9.17, 15) is 14.0 Å². The first kappa shape index (κ1) is 22.7. The lowest BCUT2D eigenvalue weighted by atomic mass is 10.2. The Hall–Kier alpha value is -4.49. The fraction of sp³-hybridized carbons (Fsp3) is 0.0870. The molecule has 11 heteroatoms. The number of hydrogen-bond acceptors (Lipinski definition) is 7. The van der Waals surface area contributed by atoms with Crippen LogP contribution in [0.15, 0.2) is 70.3 Å². The molecule has 0 radical (unpaired) electrons. The van der Waals surface area contributed by atoms with Gasteiger partial charge in [-0.15, -0.1) is 0 Å². The van der Waals surface area contributed by atoms with E-state index >= 15 is 0 Å². The van der Waals surface area contributed by atoms with E-state index in [1.54, 1.807) is 30.3 Å². The third-order valence-corrected chi connectivity index (χ3v) is 5.01. The molecule has 0 amide bonds. The molecule has 9 nitrogen and oxygen atoms in total. The van der Waals surface area contributed by atoms with Crippen LogP contribution in [0, 0.1) is 17.1 Å². The Kier molecular flexibility index (Phi) is 6.38. The van der Waals surface area contributed by atoms with Crippen LogP contribution in [-0.4, -0.2) is 19.1 Å². The Morgan fingerprint density at radius 3 is 2.59 bits per heavy atom. The van der Waals surface area contributed by atoms with Crippen molar-refractivity contribution in [2.45, 2.75) is 6.54 Å². The highest BCUT2D eigenvalue weighted by Gasteiger charge is 2.14. The standard InChI is InChI=1S/C23H16ClFN6O3/c1-30-22(32)29-21(31(23(30)33)13-14-5-7-15(24)8-6-14)28-16-9-10-19(18(25)11-16)34-20-4-2-3-17(12-26)27-20/h2-11H,13H2,1H3,(H,28,29,32). The molecule has 0 aliphatic heterocycles. The molecule has 170 valence electrons. The van der Waals surface area contributed by atoms with Crippen LogP contribution in [0.25, 0.3) is 0 Å². The summed E-state index contributed by atoms with van der Waals surface area (Å²) in [5.41, 5.74) is -0.248. The maximum absolute atomic E-state index is 14.7. The lowest BCUT2D eigenvalue weighted by molar-refractivity contribution is 0.427. The molecule has 0 atom stereocenters. The van der Waals surface area contributed by atoms with E-state index in [0.29, 0.717) is 5.02 Å². The van der Waals surface area contributed by atoms with Crippen LogP contribution in [-0.2, 0) is 13.6 Å². The minimum absolute atomic E-state index is 0.0560. The maximum Gasteiger partial charge on any atom is 0.354 e. The number of anilines is 2. The normalized spacial score (nSPS) is 10.5. The molecule has 0 unspecified atom stereocenters. The van der Waals surface area contributed by atoms with Crippen molar-refractivity contribution in [1.29, 1.82) is 5.26 Å². The van der Waals surface area contributed by atoms with Gasteiger partial charge in [0, 0.05) is 29.9 Å². The van der Waals surface area contributed by atoms with E-state index in [0.717, 1.165) is 16.2 Å². The van der Waals surface area contributed by atoms with Crippen molar-refractivity contribution in [2.24, 2.45) is 7.05 Å². The Bertz CT molecular complexity index is 1530. The molecule has 0 aliphatic rings. The number of pyridine rings is 1. The lowest BCUT2D eigenvalue weighted by Crippen LogP contribution is -2.41. The van der Waals surface area contributed by atoms with Gasteiger partial charge in [0.15, 0.2) is 11.6 Å². The number of hydrogen-bond donors (Lipinski definition) is 1. The zero-order valence-corrected chi connectivity index (χ0v) is 18.5. The molecule has 0 spiro atoms. The zero-order chi connectivity index (χ0) is 24.2. The molecule has 0 saturated carbocycles. The maximum atomic E-state index is 14.7. The number of nitrogens with one attached hydrogen (secondary N) is 1. The molecule has 2 heterocycles. The molecular formula is C23H16ClFN6O3. The van der Waals surface area contributed by atoms with E-state index in [2.05, 4.69) is 15.3 Å². The van der Waals surface area contributed by atoms with Gasteiger partial charge in [-0.1, -0.05) is 29.8 Å². The summed E-state index contributed by atoms with van der Waals surface area (Å²) in [6, 6.07) is 17.2. The molecule has 0 aliphatic carbocycles. The topological polar surface area (TPSA) is 115 Å². The van der Waals surface area contributed by atoms with Gasteiger partial charge in [0.05, 0.1) is 6.54 Å². The van der Waals surface area contributed by atoms with Crippen molar-refractivity contribution in [3.05, 3.63) is 104 Å². The van der Waals surface area contributed by atoms with Crippen molar-refractivity contribution in [3.63, 3.8) is 0 Å². The zero-order valence-electron chi connectivity index (χ0n) is 17.7. The van der Waals surface area contributed by atoms with Gasteiger partial charge in [0.25, 0.3) is 0 Å². The summed E-state index contributed by atoms with van der Waals surface area (Å²) >= 11 is 5.92. The number of halogens is 2. The summed E-state index contributed by atoms with van der Waals surface area (Å²) in [5, 5.41) is 12.3. The van der Waals surface area contributed by atoms with Gasteiger partial charge in [-0.25, -0.2) is 23.5 Å². The summed E-state index contributed by atoms with van der Waals surface area (Å²) in [6.07, 6.45) is 0. The number of benzene rings is 2. The first-order chi connectivity index (χ1) is 16.3. The highest BCUT2D eigenvalue weighted by Crippen LogP contribution is 2.27. The summed E-state index contributed by atoms with van der Waals surface area (Å²) in [7, 11) is 1.32. The largest absolute Gasteiger partial charge is 0.436 e. The molecule has 4 rings (SSSR count). The molecule has 0 fully saturated rings. The molecular weight excluding hydrogens is 463 g/mol. The van der Waals surface area contributed by atoms with Crippen molar-refractivity contribution < 1.29 is 9.13 Å². The number of ether oxygens (including phenoxy) is 1. The third kappa shape index (κ3) is 4.95. The predicted octanol–water partition coefficient (Wildman–Crippen LogP) is 3.59. The van der Waals surface area contributed by atoms with Crippen LogP contribution >= 0.6 is 11.6 Å². The van der Waals surface area contributed by atoms with Gasteiger partial charge >= 0.3 is 11.4 Å². The fourth-order valence-corrected chi connectivity index (χ4v) is 3.15. The molecule has 2 aromatic heterocycles. The fourth-order valence-electron chi connectivity index (χ4n) is 3.03. The Balaban J connectivity index is 1.63. The first-order valence-electron chi connectivity index (χ1n) is 9.88. The molecule has 0 bridgehead atoms. The minimum atomic E-state index is -0.760. The van der Waals surface area contributed by atoms with Crippen LogP contribution in [0.5, 0.6) is 11.6 Å². The van der Waals surface area contributed by atoms with E-state index in [1.807, 2.05) is 6.07 Å². The van der Waals surface area contributed by atoms with Crippen LogP contribution in [0.2, 0.25) is 5.02 Å². The van der Waals surface area contributed by atoms with Gasteiger partial charge in [0.1, 0.15) is 11.8 Å². The molecule has 1 N–H and O–H groups in total. The summed E-state index contributed by atoms with van der Waals surface area (Å²) in [5.74, 6) is -0.851. The monoisotopic (exact) mass is 478 g/mol. The van der Waals surface area contributed by atoms with Crippen LogP contribution < -0.4 is 21.4 Å². The molecule has 34 heavy (non-hydrogen) atoms. The smallest absolute Gasteiger partial charge is 0.354 e. The highest BCUT2D eigenvalue weighted by atomic mass is 35.5. The van der Waals surface area contributed by atoms with Crippen LogP contribution in [0.4, 0.5) is 16.0 Å². The number of rotatable bonds is 6. The summed E-state index contributed by atoms with van der Waals surface area (Å²) in [6.45, 7) is 0.101. The average Bonchev–Trinajstić information content (AvgIpc) is 2.83. The number of nitriles is 1. The van der Waals surface area contributed by atoms with E-state index < -0.39 is 17.2 Å². The van der Waals surface area contributed by atoms with Gasteiger partial charge < -0.3 is 10.1 Å². The van der Waals surface area contributed by atoms with E-state index in [-0.39, 0.29) is 35.5 Å². The van der Waals surface area contributed by atoms with Gasteiger partial charge in [-0.05, 0) is 35.9 Å². The molecule has 4 aromatic rings. The van der Waals surface area contributed by atoms with Crippen molar-refractivity contribution in [2.75, 3.05) is 5.32 Å². The van der Waals surface area contributed by atoms with Crippen molar-refractivity contribution >= 4 is 23.2 Å². The second-order valence-corrected chi connectivity index (χ2v) is 7.55. The number of aromatic nitrogens is 4. The van der Waals surface area contributed by atoms with Crippen LogP contribution in [0.1, 0.15) is 11.3 Å². The number of nitrogens with zero attached hydrogens (tertiary/aromatic N) is 5. The first-order valence-corrected chi connectivity index (χ1v) is 10.3. The molecule has 2 aromatic carbocycles. The van der Waals surface area contributed by atoms with Crippen molar-refractivity contribution in [1.82, 2.24) is 19.1 Å². The second-order valence-electron chi connectivity index (χ2n) is 7.12. The average molecular weight is 479 g/mol. The third-order valence-electron chi connectivity index (χ3n) is 4.76.